The summed E-state index contributed by atoms with van der Waals surface area (Å²) >= 11 is 9.55. The molecule has 136 valence electrons. The maximum atomic E-state index is 6.17. The average Bonchev–Trinajstić information content (AvgIpc) is 2.58. The number of halogens is 3. The lowest BCUT2D eigenvalue weighted by atomic mass is 10.2. The van der Waals surface area contributed by atoms with E-state index < -0.39 is 0 Å². The number of nitrogens with zero attached hydrogens (tertiary/aromatic N) is 1. The molecule has 0 atom stereocenters. The maximum Gasteiger partial charge on any atom is 0.189 e. The normalized spacial score (nSPS) is 10.8. The first kappa shape index (κ1) is 21.9. The van der Waals surface area contributed by atoms with E-state index in [2.05, 4.69) is 26.2 Å². The quantitative estimate of drug-likeness (QED) is 0.325. The summed E-state index contributed by atoms with van der Waals surface area (Å²) in [6.45, 7) is 0.945. The van der Waals surface area contributed by atoms with Crippen LogP contribution in [0, 0.1) is 0 Å². The Hall–Kier alpha value is -1.19. The highest BCUT2D eigenvalue weighted by Gasteiger charge is 2.05. The number of hydrogen-bond donors (Lipinski definition) is 2. The zero-order valence-corrected chi connectivity index (χ0v) is 18.6. The lowest BCUT2D eigenvalue weighted by Crippen LogP contribution is -2.31. The summed E-state index contributed by atoms with van der Waals surface area (Å²) in [6, 6.07) is 11.3. The van der Waals surface area contributed by atoms with Gasteiger partial charge in [0, 0.05) is 16.0 Å². The van der Waals surface area contributed by atoms with Crippen molar-refractivity contribution in [1.29, 1.82) is 0 Å². The molecule has 0 fully saturated rings. The van der Waals surface area contributed by atoms with Crippen molar-refractivity contribution < 1.29 is 9.47 Å². The van der Waals surface area contributed by atoms with Crippen molar-refractivity contribution in [2.75, 3.05) is 14.2 Å². The molecule has 0 unspecified atom stereocenters. The number of benzene rings is 2. The molecule has 5 nitrogen and oxygen atoms in total. The number of guanidine groups is 1. The highest BCUT2D eigenvalue weighted by molar-refractivity contribution is 14.0. The number of nitrogens with one attached hydrogen (secondary N) is 1. The minimum Gasteiger partial charge on any atom is -0.493 e. The van der Waals surface area contributed by atoms with Crippen LogP contribution in [0.15, 0.2) is 45.9 Å². The molecule has 0 aliphatic heterocycles. The van der Waals surface area contributed by atoms with E-state index in [0.717, 1.165) is 15.6 Å². The zero-order valence-electron chi connectivity index (χ0n) is 13.9. The summed E-state index contributed by atoms with van der Waals surface area (Å²) in [7, 11) is 3.20. The molecule has 0 aromatic heterocycles. The van der Waals surface area contributed by atoms with E-state index in [0.29, 0.717) is 35.6 Å². The van der Waals surface area contributed by atoms with Crippen LogP contribution in [-0.4, -0.2) is 20.2 Å². The lowest BCUT2D eigenvalue weighted by molar-refractivity contribution is 0.354. The molecular weight excluding hydrogens is 520 g/mol. The third-order valence-electron chi connectivity index (χ3n) is 3.35. The number of rotatable bonds is 6. The highest BCUT2D eigenvalue weighted by Crippen LogP contribution is 2.27. The molecule has 2 aromatic carbocycles. The monoisotopic (exact) mass is 539 g/mol. The first-order chi connectivity index (χ1) is 11.5. The number of aliphatic imine (C=N–C) groups is 1. The molecule has 25 heavy (non-hydrogen) atoms. The van der Waals surface area contributed by atoms with Crippen molar-refractivity contribution in [2.24, 2.45) is 10.7 Å². The predicted molar refractivity (Wildman–Crippen MR) is 116 cm³/mol. The van der Waals surface area contributed by atoms with Gasteiger partial charge in [0.1, 0.15) is 0 Å². The minimum atomic E-state index is 0. The molecule has 0 aliphatic rings. The van der Waals surface area contributed by atoms with Gasteiger partial charge in [0.2, 0.25) is 0 Å². The number of nitrogens with two attached hydrogens (primary N) is 1. The topological polar surface area (TPSA) is 68.9 Å². The van der Waals surface area contributed by atoms with Crippen LogP contribution in [0.5, 0.6) is 11.5 Å². The van der Waals surface area contributed by atoms with Crippen LogP contribution in [0.2, 0.25) is 5.02 Å². The van der Waals surface area contributed by atoms with Crippen LogP contribution >= 0.6 is 51.5 Å². The van der Waals surface area contributed by atoms with Crippen LogP contribution in [0.3, 0.4) is 0 Å². The SMILES string of the molecule is COc1ccc(CN=C(N)NCc2ccc(Br)cc2Cl)cc1OC.I. The summed E-state index contributed by atoms with van der Waals surface area (Å²) in [5.74, 6) is 1.70. The van der Waals surface area contributed by atoms with Crippen LogP contribution in [0.4, 0.5) is 0 Å². The largest absolute Gasteiger partial charge is 0.493 e. The molecule has 2 aromatic rings. The van der Waals surface area contributed by atoms with Crippen LogP contribution in [0.25, 0.3) is 0 Å². The Bertz CT molecular complexity index is 744. The van der Waals surface area contributed by atoms with Crippen molar-refractivity contribution in [3.63, 3.8) is 0 Å². The second-order valence-electron chi connectivity index (χ2n) is 4.98. The van der Waals surface area contributed by atoms with E-state index in [1.165, 1.54) is 0 Å². The molecule has 0 radical (unpaired) electrons. The van der Waals surface area contributed by atoms with Gasteiger partial charge in [-0.15, -0.1) is 24.0 Å². The van der Waals surface area contributed by atoms with E-state index >= 15 is 0 Å². The minimum absolute atomic E-state index is 0. The molecule has 0 saturated carbocycles. The third kappa shape index (κ3) is 6.56. The number of methoxy groups -OCH3 is 2. The molecule has 0 aliphatic carbocycles. The third-order valence-corrected chi connectivity index (χ3v) is 4.20. The Kier molecular flexibility index (Phi) is 9.37. The fraction of sp³-hybridized carbons (Fsp3) is 0.235. The fourth-order valence-electron chi connectivity index (χ4n) is 2.06. The van der Waals surface area contributed by atoms with Gasteiger partial charge in [-0.3, -0.25) is 0 Å². The Morgan fingerprint density at radius 1 is 1.16 bits per heavy atom. The average molecular weight is 541 g/mol. The summed E-state index contributed by atoms with van der Waals surface area (Å²) in [4.78, 5) is 4.32. The van der Waals surface area contributed by atoms with Gasteiger partial charge >= 0.3 is 0 Å². The highest BCUT2D eigenvalue weighted by atomic mass is 127. The van der Waals surface area contributed by atoms with E-state index in [-0.39, 0.29) is 24.0 Å². The summed E-state index contributed by atoms with van der Waals surface area (Å²) in [5.41, 5.74) is 7.83. The molecule has 2 rings (SSSR count). The van der Waals surface area contributed by atoms with E-state index in [9.17, 15) is 0 Å². The van der Waals surface area contributed by atoms with Crippen molar-refractivity contribution in [3.05, 3.63) is 57.0 Å². The van der Waals surface area contributed by atoms with Crippen LogP contribution < -0.4 is 20.5 Å². The summed E-state index contributed by atoms with van der Waals surface area (Å²) in [6.07, 6.45) is 0. The van der Waals surface area contributed by atoms with Gasteiger partial charge in [-0.05, 0) is 35.4 Å². The van der Waals surface area contributed by atoms with Gasteiger partial charge in [-0.1, -0.05) is 39.7 Å². The number of hydrogen-bond acceptors (Lipinski definition) is 3. The Morgan fingerprint density at radius 2 is 1.88 bits per heavy atom. The molecule has 3 N–H and O–H groups in total. The zero-order chi connectivity index (χ0) is 17.5. The van der Waals surface area contributed by atoms with Gasteiger partial charge in [0.15, 0.2) is 17.5 Å². The lowest BCUT2D eigenvalue weighted by Gasteiger charge is -2.10. The predicted octanol–water partition coefficient (Wildman–Crippen LogP) is 4.34. The standard InChI is InChI=1S/C17H19BrClN3O2.HI/c1-23-15-6-3-11(7-16(15)24-2)9-21-17(20)22-10-12-4-5-13(18)8-14(12)19;/h3-8H,9-10H2,1-2H3,(H3,20,21,22);1H. The van der Waals surface area contributed by atoms with Gasteiger partial charge in [0.05, 0.1) is 20.8 Å². The van der Waals surface area contributed by atoms with E-state index in [1.807, 2.05) is 36.4 Å². The first-order valence-electron chi connectivity index (χ1n) is 7.22. The van der Waals surface area contributed by atoms with Gasteiger partial charge in [-0.25, -0.2) is 4.99 Å². The second kappa shape index (κ2) is 10.7. The van der Waals surface area contributed by atoms with Crippen molar-refractivity contribution in [3.8, 4) is 11.5 Å². The van der Waals surface area contributed by atoms with Crippen LogP contribution in [0.1, 0.15) is 11.1 Å². The van der Waals surface area contributed by atoms with E-state index in [4.69, 9.17) is 26.8 Å². The smallest absolute Gasteiger partial charge is 0.189 e. The van der Waals surface area contributed by atoms with Crippen LogP contribution in [-0.2, 0) is 13.1 Å². The van der Waals surface area contributed by atoms with Crippen molar-refractivity contribution >= 4 is 57.5 Å². The Balaban J connectivity index is 0.00000312. The molecule has 0 amide bonds. The van der Waals surface area contributed by atoms with Crippen molar-refractivity contribution in [2.45, 2.75) is 13.1 Å². The molecule has 0 heterocycles. The fourth-order valence-corrected chi connectivity index (χ4v) is 2.80. The molecule has 0 spiro atoms. The Labute approximate surface area is 178 Å². The van der Waals surface area contributed by atoms with Gasteiger partial charge in [0.25, 0.3) is 0 Å². The maximum absolute atomic E-state index is 6.17. The number of ether oxygens (including phenoxy) is 2. The molecule has 8 heteroatoms. The van der Waals surface area contributed by atoms with E-state index in [1.54, 1.807) is 14.2 Å². The van der Waals surface area contributed by atoms with Crippen molar-refractivity contribution in [1.82, 2.24) is 5.32 Å². The summed E-state index contributed by atoms with van der Waals surface area (Å²) in [5, 5.41) is 3.72. The summed E-state index contributed by atoms with van der Waals surface area (Å²) < 4.78 is 11.4. The Morgan fingerprint density at radius 3 is 2.52 bits per heavy atom. The van der Waals surface area contributed by atoms with Gasteiger partial charge < -0.3 is 20.5 Å². The molecular formula is C17H20BrClIN3O2. The molecule has 0 bridgehead atoms. The second-order valence-corrected chi connectivity index (χ2v) is 6.30. The molecule has 0 saturated heterocycles. The first-order valence-corrected chi connectivity index (χ1v) is 8.39. The van der Waals surface area contributed by atoms with Gasteiger partial charge in [-0.2, -0.15) is 0 Å².